The largest absolute Gasteiger partial charge is 0.379 e. The lowest BCUT2D eigenvalue weighted by Crippen LogP contribution is -2.39. The fourth-order valence-electron chi connectivity index (χ4n) is 2.43. The van der Waals surface area contributed by atoms with E-state index >= 15 is 0 Å². The molecule has 0 aromatic rings. The SMILES string of the molecule is CCCC1(CN2CCOCC2)CC1. The number of hydrogen-bond donors (Lipinski definition) is 0. The summed E-state index contributed by atoms with van der Waals surface area (Å²) in [5, 5.41) is 0. The Morgan fingerprint density at radius 1 is 1.23 bits per heavy atom. The number of morpholine rings is 1. The van der Waals surface area contributed by atoms with Crippen molar-refractivity contribution in [1.29, 1.82) is 0 Å². The fourth-order valence-corrected chi connectivity index (χ4v) is 2.43. The second-order valence-corrected chi connectivity index (χ2v) is 4.64. The van der Waals surface area contributed by atoms with Gasteiger partial charge in [0.05, 0.1) is 13.2 Å². The Balaban J connectivity index is 1.76. The van der Waals surface area contributed by atoms with Gasteiger partial charge >= 0.3 is 0 Å². The average molecular weight is 183 g/mol. The Hall–Kier alpha value is -0.0800. The minimum atomic E-state index is 0.728. The van der Waals surface area contributed by atoms with Crippen molar-refractivity contribution >= 4 is 0 Å². The van der Waals surface area contributed by atoms with Gasteiger partial charge in [-0.15, -0.1) is 0 Å². The molecule has 0 radical (unpaired) electrons. The van der Waals surface area contributed by atoms with Gasteiger partial charge in [0, 0.05) is 19.6 Å². The van der Waals surface area contributed by atoms with Crippen molar-refractivity contribution in [3.05, 3.63) is 0 Å². The molecule has 13 heavy (non-hydrogen) atoms. The molecule has 0 unspecified atom stereocenters. The van der Waals surface area contributed by atoms with Gasteiger partial charge < -0.3 is 4.74 Å². The Morgan fingerprint density at radius 2 is 1.92 bits per heavy atom. The highest BCUT2D eigenvalue weighted by molar-refractivity contribution is 4.95. The van der Waals surface area contributed by atoms with E-state index in [2.05, 4.69) is 11.8 Å². The molecule has 0 spiro atoms. The molecule has 1 saturated carbocycles. The van der Waals surface area contributed by atoms with Crippen molar-refractivity contribution in [2.45, 2.75) is 32.6 Å². The van der Waals surface area contributed by atoms with Gasteiger partial charge in [-0.3, -0.25) is 4.90 Å². The standard InChI is InChI=1S/C11H21NO/c1-2-3-11(4-5-11)10-12-6-8-13-9-7-12/h2-10H2,1H3. The Kier molecular flexibility index (Phi) is 2.89. The lowest BCUT2D eigenvalue weighted by Gasteiger charge is -2.30. The zero-order valence-corrected chi connectivity index (χ0v) is 8.72. The summed E-state index contributed by atoms with van der Waals surface area (Å²) in [7, 11) is 0. The highest BCUT2D eigenvalue weighted by Crippen LogP contribution is 2.50. The van der Waals surface area contributed by atoms with Crippen molar-refractivity contribution in [1.82, 2.24) is 4.90 Å². The molecule has 1 saturated heterocycles. The minimum absolute atomic E-state index is 0.728. The first kappa shape index (κ1) is 9.47. The quantitative estimate of drug-likeness (QED) is 0.660. The second-order valence-electron chi connectivity index (χ2n) is 4.64. The Labute approximate surface area is 81.3 Å². The van der Waals surface area contributed by atoms with Crippen molar-refractivity contribution in [2.75, 3.05) is 32.8 Å². The van der Waals surface area contributed by atoms with Crippen LogP contribution < -0.4 is 0 Å². The summed E-state index contributed by atoms with van der Waals surface area (Å²) in [6.45, 7) is 7.85. The van der Waals surface area contributed by atoms with Crippen LogP contribution in [0.2, 0.25) is 0 Å². The van der Waals surface area contributed by atoms with Crippen LogP contribution in [0.15, 0.2) is 0 Å². The van der Waals surface area contributed by atoms with Gasteiger partial charge in [0.25, 0.3) is 0 Å². The number of hydrogen-bond acceptors (Lipinski definition) is 2. The van der Waals surface area contributed by atoms with Gasteiger partial charge in [-0.25, -0.2) is 0 Å². The first-order chi connectivity index (χ1) is 6.35. The molecule has 0 N–H and O–H groups in total. The fraction of sp³-hybridized carbons (Fsp3) is 1.00. The zero-order chi connectivity index (χ0) is 9.15. The van der Waals surface area contributed by atoms with E-state index in [1.54, 1.807) is 0 Å². The maximum absolute atomic E-state index is 5.35. The van der Waals surface area contributed by atoms with E-state index < -0.39 is 0 Å². The first-order valence-corrected chi connectivity index (χ1v) is 5.65. The third-order valence-electron chi connectivity index (χ3n) is 3.40. The zero-order valence-electron chi connectivity index (χ0n) is 8.72. The van der Waals surface area contributed by atoms with E-state index in [1.807, 2.05) is 0 Å². The normalized spacial score (nSPS) is 27.5. The summed E-state index contributed by atoms with van der Waals surface area (Å²) < 4.78 is 5.35. The molecule has 2 heteroatoms. The van der Waals surface area contributed by atoms with Crippen LogP contribution in [0.5, 0.6) is 0 Å². The molecule has 2 nitrogen and oxygen atoms in total. The maximum atomic E-state index is 5.35. The van der Waals surface area contributed by atoms with Gasteiger partial charge in [0.15, 0.2) is 0 Å². The van der Waals surface area contributed by atoms with Crippen molar-refractivity contribution in [3.63, 3.8) is 0 Å². The molecule has 2 aliphatic rings. The Morgan fingerprint density at radius 3 is 2.46 bits per heavy atom. The van der Waals surface area contributed by atoms with Crippen LogP contribution in [0.3, 0.4) is 0 Å². The van der Waals surface area contributed by atoms with Crippen LogP contribution in [0, 0.1) is 5.41 Å². The lowest BCUT2D eigenvalue weighted by atomic mass is 10.00. The molecule has 1 aliphatic heterocycles. The van der Waals surface area contributed by atoms with E-state index in [4.69, 9.17) is 4.74 Å². The second kappa shape index (κ2) is 3.97. The average Bonchev–Trinajstić information content (AvgIpc) is 2.87. The van der Waals surface area contributed by atoms with E-state index in [9.17, 15) is 0 Å². The number of ether oxygens (including phenoxy) is 1. The van der Waals surface area contributed by atoms with E-state index in [-0.39, 0.29) is 0 Å². The van der Waals surface area contributed by atoms with Crippen molar-refractivity contribution < 1.29 is 4.74 Å². The molecule has 2 rings (SSSR count). The van der Waals surface area contributed by atoms with Gasteiger partial charge in [0.1, 0.15) is 0 Å². The lowest BCUT2D eigenvalue weighted by molar-refractivity contribution is 0.0276. The molecule has 0 aromatic heterocycles. The maximum Gasteiger partial charge on any atom is 0.0594 e. The summed E-state index contributed by atoms with van der Waals surface area (Å²) in [5.74, 6) is 0. The minimum Gasteiger partial charge on any atom is -0.379 e. The smallest absolute Gasteiger partial charge is 0.0594 e. The molecule has 0 atom stereocenters. The van der Waals surface area contributed by atoms with E-state index in [1.165, 1.54) is 32.2 Å². The predicted octanol–water partition coefficient (Wildman–Crippen LogP) is 1.90. The third kappa shape index (κ3) is 2.44. The van der Waals surface area contributed by atoms with Crippen molar-refractivity contribution in [2.24, 2.45) is 5.41 Å². The van der Waals surface area contributed by atoms with Gasteiger partial charge in [-0.1, -0.05) is 13.3 Å². The third-order valence-corrected chi connectivity index (χ3v) is 3.40. The first-order valence-electron chi connectivity index (χ1n) is 5.65. The van der Waals surface area contributed by atoms with E-state index in [0.717, 1.165) is 31.7 Å². The van der Waals surface area contributed by atoms with Crippen LogP contribution in [-0.4, -0.2) is 37.7 Å². The van der Waals surface area contributed by atoms with E-state index in [0.29, 0.717) is 0 Å². The molecular formula is C11H21NO. The molecular weight excluding hydrogens is 162 g/mol. The molecule has 0 amide bonds. The molecule has 2 fully saturated rings. The molecule has 0 aromatic carbocycles. The summed E-state index contributed by atoms with van der Waals surface area (Å²) in [4.78, 5) is 2.59. The van der Waals surface area contributed by atoms with Crippen LogP contribution in [0.1, 0.15) is 32.6 Å². The highest BCUT2D eigenvalue weighted by atomic mass is 16.5. The molecule has 1 aliphatic carbocycles. The predicted molar refractivity (Wildman–Crippen MR) is 53.8 cm³/mol. The van der Waals surface area contributed by atoms with Gasteiger partial charge in [-0.2, -0.15) is 0 Å². The van der Waals surface area contributed by atoms with Crippen LogP contribution in [0.25, 0.3) is 0 Å². The van der Waals surface area contributed by atoms with Crippen LogP contribution in [-0.2, 0) is 4.74 Å². The van der Waals surface area contributed by atoms with Crippen LogP contribution >= 0.6 is 0 Å². The molecule has 76 valence electrons. The highest BCUT2D eigenvalue weighted by Gasteiger charge is 2.42. The summed E-state index contributed by atoms with van der Waals surface area (Å²) in [6.07, 6.45) is 5.73. The summed E-state index contributed by atoms with van der Waals surface area (Å²) in [5.41, 5.74) is 0.728. The number of nitrogens with zero attached hydrogens (tertiary/aromatic N) is 1. The van der Waals surface area contributed by atoms with Gasteiger partial charge in [0.2, 0.25) is 0 Å². The molecule has 1 heterocycles. The summed E-state index contributed by atoms with van der Waals surface area (Å²) >= 11 is 0. The van der Waals surface area contributed by atoms with Gasteiger partial charge in [-0.05, 0) is 24.7 Å². The van der Waals surface area contributed by atoms with Crippen molar-refractivity contribution in [3.8, 4) is 0 Å². The monoisotopic (exact) mass is 183 g/mol. The number of rotatable bonds is 4. The topological polar surface area (TPSA) is 12.5 Å². The molecule has 0 bridgehead atoms. The summed E-state index contributed by atoms with van der Waals surface area (Å²) in [6, 6.07) is 0. The Bertz CT molecular complexity index is 159. The van der Waals surface area contributed by atoms with Crippen LogP contribution in [0.4, 0.5) is 0 Å².